The van der Waals surface area contributed by atoms with E-state index in [9.17, 15) is 0 Å². The molecule has 0 amide bonds. The SMILES string of the molecule is CNCCc1csc(CC2CCSC2)n1. The van der Waals surface area contributed by atoms with E-state index in [-0.39, 0.29) is 0 Å². The maximum Gasteiger partial charge on any atom is 0.0931 e. The number of hydrogen-bond donors (Lipinski definition) is 1. The summed E-state index contributed by atoms with van der Waals surface area (Å²) in [5.74, 6) is 3.58. The van der Waals surface area contributed by atoms with Crippen LogP contribution in [0.25, 0.3) is 0 Å². The highest BCUT2D eigenvalue weighted by Crippen LogP contribution is 2.27. The second-order valence-electron chi connectivity index (χ2n) is 4.02. The molecular formula is C11H18N2S2. The summed E-state index contributed by atoms with van der Waals surface area (Å²) >= 11 is 3.93. The van der Waals surface area contributed by atoms with Crippen molar-refractivity contribution in [3.8, 4) is 0 Å². The van der Waals surface area contributed by atoms with Crippen LogP contribution in [0.3, 0.4) is 0 Å². The number of nitrogens with zero attached hydrogens (tertiary/aromatic N) is 1. The van der Waals surface area contributed by atoms with E-state index in [1.165, 1.54) is 35.0 Å². The third kappa shape index (κ3) is 3.47. The summed E-state index contributed by atoms with van der Waals surface area (Å²) in [6, 6.07) is 0. The second kappa shape index (κ2) is 5.87. The predicted molar refractivity (Wildman–Crippen MR) is 68.9 cm³/mol. The van der Waals surface area contributed by atoms with Crippen LogP contribution in [0.1, 0.15) is 17.1 Å². The van der Waals surface area contributed by atoms with Crippen molar-refractivity contribution in [2.75, 3.05) is 25.1 Å². The Hall–Kier alpha value is -0.0600. The van der Waals surface area contributed by atoms with E-state index in [0.29, 0.717) is 0 Å². The Morgan fingerprint density at radius 1 is 1.60 bits per heavy atom. The smallest absolute Gasteiger partial charge is 0.0931 e. The summed E-state index contributed by atoms with van der Waals surface area (Å²) in [5, 5.41) is 6.72. The molecule has 4 heteroatoms. The first-order chi connectivity index (χ1) is 7.38. The lowest BCUT2D eigenvalue weighted by atomic mass is 10.1. The van der Waals surface area contributed by atoms with Gasteiger partial charge in [0.25, 0.3) is 0 Å². The lowest BCUT2D eigenvalue weighted by Gasteiger charge is -2.03. The number of nitrogens with one attached hydrogen (secondary N) is 1. The van der Waals surface area contributed by atoms with Crippen molar-refractivity contribution in [3.63, 3.8) is 0 Å². The van der Waals surface area contributed by atoms with E-state index < -0.39 is 0 Å². The molecule has 15 heavy (non-hydrogen) atoms. The van der Waals surface area contributed by atoms with Crippen molar-refractivity contribution in [3.05, 3.63) is 16.1 Å². The molecule has 0 aromatic carbocycles. The molecule has 1 unspecified atom stereocenters. The van der Waals surface area contributed by atoms with Gasteiger partial charge in [-0.2, -0.15) is 11.8 Å². The molecule has 1 aliphatic heterocycles. The number of rotatable bonds is 5. The van der Waals surface area contributed by atoms with Crippen LogP contribution in [-0.4, -0.2) is 30.1 Å². The lowest BCUT2D eigenvalue weighted by molar-refractivity contribution is 0.592. The van der Waals surface area contributed by atoms with E-state index in [1.54, 1.807) is 0 Å². The first-order valence-electron chi connectivity index (χ1n) is 5.54. The van der Waals surface area contributed by atoms with Gasteiger partial charge in [-0.25, -0.2) is 4.98 Å². The zero-order chi connectivity index (χ0) is 10.5. The number of aromatic nitrogens is 1. The Morgan fingerprint density at radius 3 is 3.27 bits per heavy atom. The largest absolute Gasteiger partial charge is 0.319 e. The molecule has 1 N–H and O–H groups in total. The quantitative estimate of drug-likeness (QED) is 0.857. The Kier molecular flexibility index (Phi) is 4.47. The third-order valence-corrected chi connectivity index (χ3v) is 4.87. The van der Waals surface area contributed by atoms with Gasteiger partial charge in [-0.15, -0.1) is 11.3 Å². The number of thioether (sulfide) groups is 1. The van der Waals surface area contributed by atoms with Crippen LogP contribution in [0.2, 0.25) is 0 Å². The molecule has 1 aliphatic rings. The van der Waals surface area contributed by atoms with E-state index >= 15 is 0 Å². The summed E-state index contributed by atoms with van der Waals surface area (Å²) < 4.78 is 0. The van der Waals surface area contributed by atoms with E-state index in [4.69, 9.17) is 0 Å². The van der Waals surface area contributed by atoms with Gasteiger partial charge in [0.2, 0.25) is 0 Å². The van der Waals surface area contributed by atoms with Gasteiger partial charge in [0, 0.05) is 24.8 Å². The van der Waals surface area contributed by atoms with Gasteiger partial charge < -0.3 is 5.32 Å². The van der Waals surface area contributed by atoms with Gasteiger partial charge in [0.15, 0.2) is 0 Å². The molecule has 0 spiro atoms. The molecule has 1 saturated heterocycles. The van der Waals surface area contributed by atoms with E-state index in [0.717, 1.165) is 18.9 Å². The Bertz CT molecular complexity index is 293. The third-order valence-electron chi connectivity index (χ3n) is 2.72. The Morgan fingerprint density at radius 2 is 2.53 bits per heavy atom. The molecule has 0 radical (unpaired) electrons. The van der Waals surface area contributed by atoms with Gasteiger partial charge in [0.1, 0.15) is 0 Å². The maximum atomic E-state index is 4.68. The fourth-order valence-corrected chi connectivity index (χ4v) is 4.03. The topological polar surface area (TPSA) is 24.9 Å². The highest BCUT2D eigenvalue weighted by molar-refractivity contribution is 7.99. The van der Waals surface area contributed by atoms with Crippen LogP contribution in [-0.2, 0) is 12.8 Å². The molecule has 2 nitrogen and oxygen atoms in total. The minimum Gasteiger partial charge on any atom is -0.319 e. The van der Waals surface area contributed by atoms with Gasteiger partial charge in [-0.05, 0) is 30.9 Å². The van der Waals surface area contributed by atoms with Crippen LogP contribution < -0.4 is 5.32 Å². The summed E-state index contributed by atoms with van der Waals surface area (Å²) in [6.07, 6.45) is 3.65. The first-order valence-corrected chi connectivity index (χ1v) is 7.57. The summed E-state index contributed by atoms with van der Waals surface area (Å²) in [4.78, 5) is 4.68. The van der Waals surface area contributed by atoms with Crippen LogP contribution in [0.5, 0.6) is 0 Å². The van der Waals surface area contributed by atoms with Crippen LogP contribution >= 0.6 is 23.1 Å². The molecule has 1 aromatic rings. The fraction of sp³-hybridized carbons (Fsp3) is 0.727. The first kappa shape index (κ1) is 11.4. The highest BCUT2D eigenvalue weighted by atomic mass is 32.2. The van der Waals surface area contributed by atoms with Crippen molar-refractivity contribution < 1.29 is 0 Å². The summed E-state index contributed by atoms with van der Waals surface area (Å²) in [5.41, 5.74) is 1.26. The van der Waals surface area contributed by atoms with Gasteiger partial charge >= 0.3 is 0 Å². The number of likely N-dealkylation sites (N-methyl/N-ethyl adjacent to an activating group) is 1. The number of thiazole rings is 1. The van der Waals surface area contributed by atoms with Gasteiger partial charge in [-0.3, -0.25) is 0 Å². The molecule has 0 aliphatic carbocycles. The lowest BCUT2D eigenvalue weighted by Crippen LogP contribution is -2.10. The predicted octanol–water partition coefficient (Wildman–Crippen LogP) is 2.20. The van der Waals surface area contributed by atoms with Crippen molar-refractivity contribution in [1.82, 2.24) is 10.3 Å². The molecular weight excluding hydrogens is 224 g/mol. The zero-order valence-corrected chi connectivity index (χ0v) is 10.8. The molecule has 1 aromatic heterocycles. The number of hydrogen-bond acceptors (Lipinski definition) is 4. The van der Waals surface area contributed by atoms with E-state index in [2.05, 4.69) is 27.4 Å². The average Bonchev–Trinajstić information content (AvgIpc) is 2.87. The minimum absolute atomic E-state index is 0.887. The highest BCUT2D eigenvalue weighted by Gasteiger charge is 2.17. The monoisotopic (exact) mass is 242 g/mol. The Balaban J connectivity index is 1.83. The zero-order valence-electron chi connectivity index (χ0n) is 9.16. The molecule has 0 bridgehead atoms. The van der Waals surface area contributed by atoms with Crippen molar-refractivity contribution in [1.29, 1.82) is 0 Å². The minimum atomic E-state index is 0.887. The van der Waals surface area contributed by atoms with Crippen LogP contribution in [0.15, 0.2) is 5.38 Å². The van der Waals surface area contributed by atoms with Crippen LogP contribution in [0.4, 0.5) is 0 Å². The molecule has 0 saturated carbocycles. The normalized spacial score (nSPS) is 21.0. The maximum absolute atomic E-state index is 4.68. The van der Waals surface area contributed by atoms with Gasteiger partial charge in [0.05, 0.1) is 10.7 Å². The molecule has 2 heterocycles. The molecule has 2 rings (SSSR count). The molecule has 1 fully saturated rings. The molecule has 1 atom stereocenters. The standard InChI is InChI=1S/C11H18N2S2/c1-12-4-2-10-8-15-11(13-10)6-9-3-5-14-7-9/h8-9,12H,2-7H2,1H3. The van der Waals surface area contributed by atoms with Crippen molar-refractivity contribution >= 4 is 23.1 Å². The average molecular weight is 242 g/mol. The fourth-order valence-electron chi connectivity index (χ4n) is 1.80. The van der Waals surface area contributed by atoms with Gasteiger partial charge in [-0.1, -0.05) is 0 Å². The second-order valence-corrected chi connectivity index (χ2v) is 6.11. The van der Waals surface area contributed by atoms with Crippen LogP contribution in [0, 0.1) is 5.92 Å². The molecule has 84 valence electrons. The summed E-state index contributed by atoms with van der Waals surface area (Å²) in [6.45, 7) is 1.03. The van der Waals surface area contributed by atoms with Crippen molar-refractivity contribution in [2.24, 2.45) is 5.92 Å². The summed E-state index contributed by atoms with van der Waals surface area (Å²) in [7, 11) is 1.99. The Labute approximate surface area is 99.9 Å². The van der Waals surface area contributed by atoms with Crippen molar-refractivity contribution in [2.45, 2.75) is 19.3 Å². The van der Waals surface area contributed by atoms with E-state index in [1.807, 2.05) is 18.4 Å².